The lowest BCUT2D eigenvalue weighted by Crippen LogP contribution is -2.32. The first kappa shape index (κ1) is 13.1. The maximum absolute atomic E-state index is 10.5. The number of nitrogens with two attached hydrogens (primary N) is 1. The topological polar surface area (TPSA) is 102 Å². The summed E-state index contributed by atoms with van der Waals surface area (Å²) in [5.41, 5.74) is 6.27. The van der Waals surface area contributed by atoms with Crippen molar-refractivity contribution in [3.05, 3.63) is 22.7 Å². The molecule has 0 aliphatic heterocycles. The summed E-state index contributed by atoms with van der Waals surface area (Å²) >= 11 is 2.92. The second-order valence-corrected chi connectivity index (χ2v) is 5.30. The van der Waals surface area contributed by atoms with E-state index >= 15 is 0 Å². The number of carboxylic acid groups (broad SMARTS) is 1. The fourth-order valence-corrected chi connectivity index (χ4v) is 2.61. The van der Waals surface area contributed by atoms with Crippen LogP contribution in [0.25, 0.3) is 11.5 Å². The highest BCUT2D eigenvalue weighted by Gasteiger charge is 2.13. The molecule has 0 aliphatic carbocycles. The zero-order valence-electron chi connectivity index (χ0n) is 9.28. The number of hydrogen-bond donors (Lipinski definition) is 2. The van der Waals surface area contributed by atoms with Crippen LogP contribution in [-0.2, 0) is 10.5 Å². The highest BCUT2D eigenvalue weighted by Crippen LogP contribution is 2.21. The monoisotopic (exact) mass is 285 g/mol. The fourth-order valence-electron chi connectivity index (χ4n) is 1.16. The van der Waals surface area contributed by atoms with Crippen LogP contribution in [0.15, 0.2) is 21.3 Å². The lowest BCUT2D eigenvalue weighted by atomic mass is 10.3. The van der Waals surface area contributed by atoms with Gasteiger partial charge in [-0.2, -0.15) is 28.1 Å². The fraction of sp³-hybridized carbons (Fsp3) is 0.300. The van der Waals surface area contributed by atoms with E-state index in [4.69, 9.17) is 15.4 Å². The molecule has 0 fully saturated rings. The van der Waals surface area contributed by atoms with Gasteiger partial charge in [0.25, 0.3) is 5.89 Å². The predicted molar refractivity (Wildman–Crippen MR) is 69.4 cm³/mol. The number of nitrogens with zero attached hydrogens (tertiary/aromatic N) is 2. The molecule has 2 aromatic heterocycles. The van der Waals surface area contributed by atoms with Gasteiger partial charge in [-0.15, -0.1) is 0 Å². The first-order chi connectivity index (χ1) is 8.66. The molecule has 0 bridgehead atoms. The van der Waals surface area contributed by atoms with E-state index in [9.17, 15) is 4.79 Å². The van der Waals surface area contributed by atoms with Gasteiger partial charge in [0.2, 0.25) is 0 Å². The van der Waals surface area contributed by atoms with E-state index in [0.29, 0.717) is 23.2 Å². The summed E-state index contributed by atoms with van der Waals surface area (Å²) in [6, 6.07) is 1.04. The Hall–Kier alpha value is -1.38. The Labute approximate surface area is 111 Å². The van der Waals surface area contributed by atoms with Crippen molar-refractivity contribution in [1.29, 1.82) is 0 Å². The minimum absolute atomic E-state index is 0.317. The summed E-state index contributed by atoms with van der Waals surface area (Å²) in [6.45, 7) is 0. The van der Waals surface area contributed by atoms with Gasteiger partial charge in [0.1, 0.15) is 6.04 Å². The van der Waals surface area contributed by atoms with E-state index in [2.05, 4.69) is 10.1 Å². The first-order valence-electron chi connectivity index (χ1n) is 5.08. The molecule has 2 aromatic rings. The van der Waals surface area contributed by atoms with Crippen molar-refractivity contribution >= 4 is 29.1 Å². The van der Waals surface area contributed by atoms with Crippen molar-refractivity contribution < 1.29 is 14.4 Å². The molecule has 18 heavy (non-hydrogen) atoms. The molecule has 2 rings (SSSR count). The minimum atomic E-state index is -1.01. The molecule has 0 radical (unpaired) electrons. The molecule has 2 heterocycles. The highest BCUT2D eigenvalue weighted by molar-refractivity contribution is 7.98. The van der Waals surface area contributed by atoms with Crippen LogP contribution in [0.5, 0.6) is 0 Å². The van der Waals surface area contributed by atoms with Gasteiger partial charge in [-0.25, -0.2) is 0 Å². The molecule has 0 saturated carbocycles. The van der Waals surface area contributed by atoms with Crippen molar-refractivity contribution in [2.75, 3.05) is 5.75 Å². The SMILES string of the molecule is N[C@@H](CSCc1noc(-c2ccsc2)n1)C(=O)O. The summed E-state index contributed by atoms with van der Waals surface area (Å²) < 4.78 is 5.10. The predicted octanol–water partition coefficient (Wildman–Crippen LogP) is 1.44. The van der Waals surface area contributed by atoms with Crippen LogP contribution in [0.3, 0.4) is 0 Å². The Kier molecular flexibility index (Phi) is 4.34. The van der Waals surface area contributed by atoms with E-state index in [1.165, 1.54) is 11.8 Å². The van der Waals surface area contributed by atoms with Crippen LogP contribution < -0.4 is 5.73 Å². The molecule has 6 nitrogen and oxygen atoms in total. The third kappa shape index (κ3) is 3.31. The van der Waals surface area contributed by atoms with E-state index in [1.54, 1.807) is 11.3 Å². The third-order valence-corrected chi connectivity index (χ3v) is 3.82. The van der Waals surface area contributed by atoms with Gasteiger partial charge in [0, 0.05) is 11.1 Å². The molecule has 8 heteroatoms. The Morgan fingerprint density at radius 1 is 1.67 bits per heavy atom. The van der Waals surface area contributed by atoms with Gasteiger partial charge >= 0.3 is 5.97 Å². The minimum Gasteiger partial charge on any atom is -0.480 e. The van der Waals surface area contributed by atoms with Crippen molar-refractivity contribution in [1.82, 2.24) is 10.1 Å². The van der Waals surface area contributed by atoms with Crippen LogP contribution in [-0.4, -0.2) is 33.0 Å². The number of carbonyl (C=O) groups is 1. The number of rotatable bonds is 6. The van der Waals surface area contributed by atoms with Crippen molar-refractivity contribution in [2.45, 2.75) is 11.8 Å². The van der Waals surface area contributed by atoms with Gasteiger partial charge in [-0.3, -0.25) is 4.79 Å². The molecule has 0 saturated heterocycles. The second kappa shape index (κ2) is 5.98. The summed E-state index contributed by atoms with van der Waals surface area (Å²) in [7, 11) is 0. The zero-order valence-corrected chi connectivity index (χ0v) is 10.9. The number of aromatic nitrogens is 2. The lowest BCUT2D eigenvalue weighted by Gasteiger charge is -2.03. The van der Waals surface area contributed by atoms with E-state index < -0.39 is 12.0 Å². The van der Waals surface area contributed by atoms with Crippen LogP contribution in [0.4, 0.5) is 0 Å². The lowest BCUT2D eigenvalue weighted by molar-refractivity contribution is -0.137. The Morgan fingerprint density at radius 3 is 3.17 bits per heavy atom. The molecule has 0 amide bonds. The molecule has 1 atom stereocenters. The average Bonchev–Trinajstić information content (AvgIpc) is 2.98. The molecule has 0 aliphatic rings. The van der Waals surface area contributed by atoms with Crippen molar-refractivity contribution in [3.8, 4) is 11.5 Å². The summed E-state index contributed by atoms with van der Waals surface area (Å²) in [6.07, 6.45) is 0. The van der Waals surface area contributed by atoms with Gasteiger partial charge < -0.3 is 15.4 Å². The molecule has 0 aromatic carbocycles. The van der Waals surface area contributed by atoms with E-state index in [0.717, 1.165) is 5.56 Å². The number of hydrogen-bond acceptors (Lipinski definition) is 7. The standard InChI is InChI=1S/C10H11N3O3S2/c11-7(10(14)15)4-18-5-8-12-9(16-13-8)6-1-2-17-3-6/h1-3,7H,4-5,11H2,(H,14,15)/t7-/m0/s1. The maximum Gasteiger partial charge on any atom is 0.321 e. The van der Waals surface area contributed by atoms with Crippen LogP contribution in [0.2, 0.25) is 0 Å². The number of aliphatic carboxylic acids is 1. The van der Waals surface area contributed by atoms with Crippen LogP contribution in [0, 0.1) is 0 Å². The quantitative estimate of drug-likeness (QED) is 0.827. The summed E-state index contributed by atoms with van der Waals surface area (Å²) in [5, 5.41) is 16.3. The average molecular weight is 285 g/mol. The summed E-state index contributed by atoms with van der Waals surface area (Å²) in [4.78, 5) is 14.7. The maximum atomic E-state index is 10.5. The second-order valence-electron chi connectivity index (χ2n) is 3.49. The molecule has 96 valence electrons. The molecular formula is C10H11N3O3S2. The Balaban J connectivity index is 1.86. The zero-order chi connectivity index (χ0) is 13.0. The smallest absolute Gasteiger partial charge is 0.321 e. The Bertz CT molecular complexity index is 512. The largest absolute Gasteiger partial charge is 0.480 e. The first-order valence-corrected chi connectivity index (χ1v) is 7.18. The van der Waals surface area contributed by atoms with Crippen molar-refractivity contribution in [2.24, 2.45) is 5.73 Å². The van der Waals surface area contributed by atoms with Gasteiger partial charge in [0.05, 0.1) is 11.3 Å². The normalized spacial score (nSPS) is 12.5. The van der Waals surface area contributed by atoms with Gasteiger partial charge in [0.15, 0.2) is 5.82 Å². The van der Waals surface area contributed by atoms with Crippen LogP contribution >= 0.6 is 23.1 Å². The van der Waals surface area contributed by atoms with E-state index in [1.807, 2.05) is 16.8 Å². The molecule has 0 spiro atoms. The van der Waals surface area contributed by atoms with Crippen LogP contribution in [0.1, 0.15) is 5.82 Å². The number of carboxylic acids is 1. The third-order valence-electron chi connectivity index (χ3n) is 2.08. The number of thioether (sulfide) groups is 1. The highest BCUT2D eigenvalue weighted by atomic mass is 32.2. The Morgan fingerprint density at radius 2 is 2.50 bits per heavy atom. The molecular weight excluding hydrogens is 274 g/mol. The summed E-state index contributed by atoms with van der Waals surface area (Å²) in [5.74, 6) is 0.814. The van der Waals surface area contributed by atoms with Crippen molar-refractivity contribution in [3.63, 3.8) is 0 Å². The van der Waals surface area contributed by atoms with E-state index in [-0.39, 0.29) is 0 Å². The van der Waals surface area contributed by atoms with Gasteiger partial charge in [-0.05, 0) is 11.4 Å². The molecule has 3 N–H and O–H groups in total. The molecule has 0 unspecified atom stereocenters. The number of thiophene rings is 1. The van der Waals surface area contributed by atoms with Gasteiger partial charge in [-0.1, -0.05) is 5.16 Å².